The van der Waals surface area contributed by atoms with Crippen LogP contribution >= 0.6 is 0 Å². The average molecular weight is 232 g/mol. The van der Waals surface area contributed by atoms with E-state index in [1.165, 1.54) is 0 Å². The van der Waals surface area contributed by atoms with Crippen LogP contribution in [0.4, 0.5) is 14.6 Å². The summed E-state index contributed by atoms with van der Waals surface area (Å²) in [5.41, 5.74) is 5.04. The van der Waals surface area contributed by atoms with E-state index < -0.39 is 12.5 Å². The van der Waals surface area contributed by atoms with Crippen LogP contribution in [0.1, 0.15) is 30.9 Å². The van der Waals surface area contributed by atoms with Gasteiger partial charge in [-0.3, -0.25) is 4.79 Å². The van der Waals surface area contributed by atoms with Crippen LogP contribution in [0.15, 0.2) is 6.07 Å². The summed E-state index contributed by atoms with van der Waals surface area (Å²) in [6.45, 7) is 1.34. The minimum Gasteiger partial charge on any atom is -0.382 e. The Hall–Kier alpha value is -1.66. The average Bonchev–Trinajstić information content (AvgIpc) is 2.56. The number of rotatable bonds is 4. The van der Waals surface area contributed by atoms with Gasteiger partial charge in [-0.25, -0.2) is 0 Å². The molecule has 0 radical (unpaired) electrons. The van der Waals surface area contributed by atoms with E-state index in [2.05, 4.69) is 10.4 Å². The highest BCUT2D eigenvalue weighted by molar-refractivity contribution is 5.93. The standard InChI is InChI=1S/C9H14F2N4O/c1-5(2)4-13-8(16)6-3-7(12)14-15(6)9(10)11/h3,5,9H,4H2,1-2H3,(H2,12,14)(H,13,16). The molecular formula is C9H14F2N4O. The first-order chi connectivity index (χ1) is 7.41. The van der Waals surface area contributed by atoms with Gasteiger partial charge in [0.15, 0.2) is 0 Å². The second-order valence-electron chi connectivity index (χ2n) is 3.78. The summed E-state index contributed by atoms with van der Waals surface area (Å²) in [6, 6.07) is 1.13. The van der Waals surface area contributed by atoms with E-state index in [0.29, 0.717) is 11.2 Å². The number of nitrogens with one attached hydrogen (secondary N) is 1. The van der Waals surface area contributed by atoms with Crippen molar-refractivity contribution in [2.75, 3.05) is 12.3 Å². The molecule has 0 aliphatic rings. The topological polar surface area (TPSA) is 72.9 Å². The zero-order chi connectivity index (χ0) is 12.3. The Morgan fingerprint density at radius 2 is 2.25 bits per heavy atom. The van der Waals surface area contributed by atoms with Crippen molar-refractivity contribution in [1.82, 2.24) is 15.1 Å². The Morgan fingerprint density at radius 1 is 1.62 bits per heavy atom. The number of hydrogen-bond donors (Lipinski definition) is 2. The minimum absolute atomic E-state index is 0.102. The summed E-state index contributed by atoms with van der Waals surface area (Å²) in [6.07, 6.45) is 0. The van der Waals surface area contributed by atoms with Gasteiger partial charge in [0, 0.05) is 12.6 Å². The van der Waals surface area contributed by atoms with E-state index in [0.717, 1.165) is 6.07 Å². The second kappa shape index (κ2) is 4.91. The van der Waals surface area contributed by atoms with Crippen molar-refractivity contribution in [3.05, 3.63) is 11.8 Å². The maximum atomic E-state index is 12.5. The molecule has 0 aliphatic carbocycles. The maximum Gasteiger partial charge on any atom is 0.334 e. The zero-order valence-corrected chi connectivity index (χ0v) is 9.08. The molecule has 7 heteroatoms. The van der Waals surface area contributed by atoms with Gasteiger partial charge in [0.05, 0.1) is 0 Å². The highest BCUT2D eigenvalue weighted by Crippen LogP contribution is 2.15. The maximum absolute atomic E-state index is 12.5. The Labute approximate surface area is 91.6 Å². The number of hydrogen-bond acceptors (Lipinski definition) is 3. The van der Waals surface area contributed by atoms with Crippen molar-refractivity contribution in [3.63, 3.8) is 0 Å². The van der Waals surface area contributed by atoms with Gasteiger partial charge in [-0.05, 0) is 5.92 Å². The van der Waals surface area contributed by atoms with Gasteiger partial charge in [0.1, 0.15) is 11.5 Å². The summed E-state index contributed by atoms with van der Waals surface area (Å²) in [4.78, 5) is 11.5. The Kier molecular flexibility index (Phi) is 3.81. The fourth-order valence-corrected chi connectivity index (χ4v) is 1.12. The molecule has 90 valence electrons. The third-order valence-corrected chi connectivity index (χ3v) is 1.84. The molecule has 0 fully saturated rings. The summed E-state index contributed by atoms with van der Waals surface area (Å²) in [7, 11) is 0. The monoisotopic (exact) mass is 232 g/mol. The first kappa shape index (κ1) is 12.4. The van der Waals surface area contributed by atoms with Gasteiger partial charge in [-0.15, -0.1) is 5.10 Å². The molecule has 0 saturated carbocycles. The molecule has 16 heavy (non-hydrogen) atoms. The number of nitrogen functional groups attached to an aromatic ring is 1. The third kappa shape index (κ3) is 2.91. The largest absolute Gasteiger partial charge is 0.382 e. The Balaban J connectivity index is 2.82. The van der Waals surface area contributed by atoms with Crippen LogP contribution in [0.25, 0.3) is 0 Å². The number of anilines is 1. The molecule has 1 aromatic heterocycles. The smallest absolute Gasteiger partial charge is 0.334 e. The molecule has 0 atom stereocenters. The fraction of sp³-hybridized carbons (Fsp3) is 0.556. The molecule has 1 heterocycles. The molecule has 1 amide bonds. The SMILES string of the molecule is CC(C)CNC(=O)c1cc(N)nn1C(F)F. The molecular weight excluding hydrogens is 218 g/mol. The Bertz CT molecular complexity index is 376. The quantitative estimate of drug-likeness (QED) is 0.820. The third-order valence-electron chi connectivity index (χ3n) is 1.84. The number of nitrogens with two attached hydrogens (primary N) is 1. The van der Waals surface area contributed by atoms with E-state index >= 15 is 0 Å². The minimum atomic E-state index is -2.88. The predicted molar refractivity (Wildman–Crippen MR) is 55.1 cm³/mol. The van der Waals surface area contributed by atoms with Gasteiger partial charge >= 0.3 is 6.55 Å². The highest BCUT2D eigenvalue weighted by atomic mass is 19.3. The molecule has 0 aliphatic heterocycles. The van der Waals surface area contributed by atoms with Crippen molar-refractivity contribution >= 4 is 11.7 Å². The van der Waals surface area contributed by atoms with Crippen molar-refractivity contribution in [3.8, 4) is 0 Å². The fourth-order valence-electron chi connectivity index (χ4n) is 1.12. The lowest BCUT2D eigenvalue weighted by molar-refractivity contribution is 0.0512. The number of aromatic nitrogens is 2. The van der Waals surface area contributed by atoms with Crippen LogP contribution in [-0.2, 0) is 0 Å². The molecule has 0 unspecified atom stereocenters. The Morgan fingerprint density at radius 3 is 2.75 bits per heavy atom. The molecule has 0 bridgehead atoms. The number of amides is 1. The van der Waals surface area contributed by atoms with Gasteiger partial charge in [-0.1, -0.05) is 13.8 Å². The van der Waals surface area contributed by atoms with Crippen molar-refractivity contribution in [1.29, 1.82) is 0 Å². The second-order valence-corrected chi connectivity index (χ2v) is 3.78. The highest BCUT2D eigenvalue weighted by Gasteiger charge is 2.19. The van der Waals surface area contributed by atoms with Crippen LogP contribution in [-0.4, -0.2) is 22.2 Å². The summed E-state index contributed by atoms with van der Waals surface area (Å²) >= 11 is 0. The zero-order valence-electron chi connectivity index (χ0n) is 9.08. The lowest BCUT2D eigenvalue weighted by Crippen LogP contribution is -2.29. The lowest BCUT2D eigenvalue weighted by Gasteiger charge is -2.08. The van der Waals surface area contributed by atoms with E-state index in [-0.39, 0.29) is 17.4 Å². The molecule has 0 spiro atoms. The summed E-state index contributed by atoms with van der Waals surface area (Å²) in [5.74, 6) is -0.461. The van der Waals surface area contributed by atoms with Crippen LogP contribution in [0.5, 0.6) is 0 Å². The molecule has 0 saturated heterocycles. The number of halogens is 2. The number of carbonyl (C=O) groups excluding carboxylic acids is 1. The van der Waals surface area contributed by atoms with E-state index in [9.17, 15) is 13.6 Å². The van der Waals surface area contributed by atoms with Crippen molar-refractivity contribution in [2.45, 2.75) is 20.4 Å². The number of alkyl halides is 2. The van der Waals surface area contributed by atoms with Crippen molar-refractivity contribution < 1.29 is 13.6 Å². The molecule has 1 aromatic rings. The molecule has 1 rings (SSSR count). The molecule has 5 nitrogen and oxygen atoms in total. The van der Waals surface area contributed by atoms with Gasteiger partial charge in [-0.2, -0.15) is 13.5 Å². The van der Waals surface area contributed by atoms with Crippen LogP contribution in [0.3, 0.4) is 0 Å². The van der Waals surface area contributed by atoms with Crippen LogP contribution in [0, 0.1) is 5.92 Å². The van der Waals surface area contributed by atoms with Gasteiger partial charge in [0.2, 0.25) is 0 Å². The first-order valence-corrected chi connectivity index (χ1v) is 4.83. The van der Waals surface area contributed by atoms with E-state index in [1.807, 2.05) is 13.8 Å². The number of carbonyl (C=O) groups is 1. The van der Waals surface area contributed by atoms with Crippen LogP contribution in [0.2, 0.25) is 0 Å². The first-order valence-electron chi connectivity index (χ1n) is 4.83. The predicted octanol–water partition coefficient (Wildman–Crippen LogP) is 1.25. The van der Waals surface area contributed by atoms with Gasteiger partial charge in [0.25, 0.3) is 5.91 Å². The lowest BCUT2D eigenvalue weighted by atomic mass is 10.2. The normalized spacial score (nSPS) is 11.1. The summed E-state index contributed by atoms with van der Waals surface area (Å²) in [5, 5.41) is 5.86. The molecule has 0 aromatic carbocycles. The van der Waals surface area contributed by atoms with Gasteiger partial charge < -0.3 is 11.1 Å². The van der Waals surface area contributed by atoms with Crippen LogP contribution < -0.4 is 11.1 Å². The van der Waals surface area contributed by atoms with Crippen molar-refractivity contribution in [2.24, 2.45) is 5.92 Å². The van der Waals surface area contributed by atoms with E-state index in [4.69, 9.17) is 5.73 Å². The molecule has 3 N–H and O–H groups in total. The summed E-state index contributed by atoms with van der Waals surface area (Å²) < 4.78 is 25.2. The number of nitrogens with zero attached hydrogens (tertiary/aromatic N) is 2. The van der Waals surface area contributed by atoms with E-state index in [1.54, 1.807) is 0 Å².